The SMILES string of the molecule is CC(NCC(C)(C)NS(C)(=O)=O)c1ccc(Cl)c(F)c1. The van der Waals surface area contributed by atoms with Crippen molar-refractivity contribution >= 4 is 21.6 Å². The van der Waals surface area contributed by atoms with E-state index < -0.39 is 21.4 Å². The highest BCUT2D eigenvalue weighted by atomic mass is 35.5. The Labute approximate surface area is 124 Å². The zero-order valence-corrected chi connectivity index (χ0v) is 13.6. The fraction of sp³-hybridized carbons (Fsp3) is 0.538. The molecule has 1 unspecified atom stereocenters. The molecule has 0 saturated carbocycles. The number of hydrogen-bond donors (Lipinski definition) is 2. The molecule has 114 valence electrons. The van der Waals surface area contributed by atoms with Crippen LogP contribution in [-0.4, -0.2) is 26.8 Å². The van der Waals surface area contributed by atoms with E-state index in [1.807, 2.05) is 6.92 Å². The van der Waals surface area contributed by atoms with Crippen molar-refractivity contribution in [1.82, 2.24) is 10.0 Å². The first-order valence-electron chi connectivity index (χ1n) is 6.17. The summed E-state index contributed by atoms with van der Waals surface area (Å²) in [6.45, 7) is 5.83. The molecule has 1 atom stereocenters. The van der Waals surface area contributed by atoms with Crippen LogP contribution in [0.5, 0.6) is 0 Å². The standard InChI is InChI=1S/C13H20ClFN2O2S/c1-9(10-5-6-11(14)12(15)7-10)16-8-13(2,3)17-20(4,18)19/h5-7,9,16-17H,8H2,1-4H3. The van der Waals surface area contributed by atoms with Crippen LogP contribution in [0.3, 0.4) is 0 Å². The highest BCUT2D eigenvalue weighted by molar-refractivity contribution is 7.88. The first-order chi connectivity index (χ1) is 9.00. The van der Waals surface area contributed by atoms with E-state index in [0.717, 1.165) is 11.8 Å². The quantitative estimate of drug-likeness (QED) is 0.846. The van der Waals surface area contributed by atoms with Crippen molar-refractivity contribution in [2.75, 3.05) is 12.8 Å². The largest absolute Gasteiger partial charge is 0.308 e. The number of hydrogen-bond acceptors (Lipinski definition) is 3. The number of halogens is 2. The van der Waals surface area contributed by atoms with E-state index in [0.29, 0.717) is 6.54 Å². The van der Waals surface area contributed by atoms with Gasteiger partial charge in [0.25, 0.3) is 0 Å². The zero-order chi connectivity index (χ0) is 15.6. The minimum absolute atomic E-state index is 0.0834. The van der Waals surface area contributed by atoms with Gasteiger partial charge in [0.2, 0.25) is 10.0 Å². The molecule has 0 heterocycles. The van der Waals surface area contributed by atoms with Crippen molar-refractivity contribution in [2.45, 2.75) is 32.4 Å². The second-order valence-electron chi connectivity index (χ2n) is 5.53. The molecule has 0 bridgehead atoms. The summed E-state index contributed by atoms with van der Waals surface area (Å²) in [6.07, 6.45) is 1.12. The first-order valence-corrected chi connectivity index (χ1v) is 8.44. The summed E-state index contributed by atoms with van der Waals surface area (Å²) in [6, 6.07) is 4.49. The summed E-state index contributed by atoms with van der Waals surface area (Å²) in [5.74, 6) is -0.466. The van der Waals surface area contributed by atoms with Crippen LogP contribution >= 0.6 is 11.6 Å². The van der Waals surface area contributed by atoms with Gasteiger partial charge in [0.15, 0.2) is 0 Å². The van der Waals surface area contributed by atoms with Crippen LogP contribution in [0.15, 0.2) is 18.2 Å². The van der Waals surface area contributed by atoms with E-state index in [-0.39, 0.29) is 11.1 Å². The third kappa shape index (κ3) is 5.75. The molecule has 0 radical (unpaired) electrons. The minimum Gasteiger partial charge on any atom is -0.308 e. The second-order valence-corrected chi connectivity index (χ2v) is 7.69. The Hall–Kier alpha value is -0.690. The van der Waals surface area contributed by atoms with Gasteiger partial charge in [-0.1, -0.05) is 17.7 Å². The lowest BCUT2D eigenvalue weighted by atomic mass is 10.0. The van der Waals surface area contributed by atoms with Crippen LogP contribution in [0.25, 0.3) is 0 Å². The Morgan fingerprint density at radius 3 is 2.50 bits per heavy atom. The van der Waals surface area contributed by atoms with Gasteiger partial charge in [-0.05, 0) is 38.5 Å². The van der Waals surface area contributed by atoms with E-state index in [1.54, 1.807) is 19.9 Å². The fourth-order valence-electron chi connectivity index (χ4n) is 1.85. The van der Waals surface area contributed by atoms with Gasteiger partial charge in [-0.3, -0.25) is 0 Å². The van der Waals surface area contributed by atoms with Crippen molar-refractivity contribution in [3.05, 3.63) is 34.6 Å². The summed E-state index contributed by atoms with van der Waals surface area (Å²) in [4.78, 5) is 0. The summed E-state index contributed by atoms with van der Waals surface area (Å²) >= 11 is 5.64. The van der Waals surface area contributed by atoms with Crippen LogP contribution in [0.4, 0.5) is 4.39 Å². The van der Waals surface area contributed by atoms with Gasteiger partial charge in [-0.2, -0.15) is 0 Å². The molecular weight excluding hydrogens is 303 g/mol. The maximum Gasteiger partial charge on any atom is 0.209 e. The van der Waals surface area contributed by atoms with Gasteiger partial charge in [0.05, 0.1) is 11.3 Å². The third-order valence-corrected chi connectivity index (χ3v) is 3.99. The molecule has 2 N–H and O–H groups in total. The van der Waals surface area contributed by atoms with Crippen molar-refractivity contribution in [3.63, 3.8) is 0 Å². The Morgan fingerprint density at radius 1 is 1.40 bits per heavy atom. The van der Waals surface area contributed by atoms with Crippen LogP contribution in [0, 0.1) is 5.82 Å². The van der Waals surface area contributed by atoms with Crippen LogP contribution in [0.1, 0.15) is 32.4 Å². The Balaban J connectivity index is 2.67. The molecule has 0 aliphatic heterocycles. The van der Waals surface area contributed by atoms with Crippen LogP contribution in [0.2, 0.25) is 5.02 Å². The average Bonchev–Trinajstić information content (AvgIpc) is 2.26. The monoisotopic (exact) mass is 322 g/mol. The molecule has 4 nitrogen and oxygen atoms in total. The summed E-state index contributed by atoms with van der Waals surface area (Å²) in [7, 11) is -3.27. The predicted molar refractivity (Wildman–Crippen MR) is 79.9 cm³/mol. The van der Waals surface area contributed by atoms with Crippen molar-refractivity contribution in [1.29, 1.82) is 0 Å². The van der Waals surface area contributed by atoms with E-state index >= 15 is 0 Å². The van der Waals surface area contributed by atoms with Crippen LogP contribution < -0.4 is 10.0 Å². The van der Waals surface area contributed by atoms with Crippen molar-refractivity contribution < 1.29 is 12.8 Å². The fourth-order valence-corrected chi connectivity index (χ4v) is 3.04. The molecule has 0 saturated heterocycles. The summed E-state index contributed by atoms with van der Waals surface area (Å²) < 4.78 is 38.4. The highest BCUT2D eigenvalue weighted by Gasteiger charge is 2.22. The van der Waals surface area contributed by atoms with E-state index in [2.05, 4.69) is 10.0 Å². The van der Waals surface area contributed by atoms with Crippen molar-refractivity contribution in [2.24, 2.45) is 0 Å². The van der Waals surface area contributed by atoms with Crippen LogP contribution in [-0.2, 0) is 10.0 Å². The first kappa shape index (κ1) is 17.4. The number of sulfonamides is 1. The van der Waals surface area contributed by atoms with Gasteiger partial charge in [-0.25, -0.2) is 17.5 Å². The molecule has 0 spiro atoms. The van der Waals surface area contributed by atoms with Crippen molar-refractivity contribution in [3.8, 4) is 0 Å². The minimum atomic E-state index is -3.27. The highest BCUT2D eigenvalue weighted by Crippen LogP contribution is 2.20. The van der Waals surface area contributed by atoms with E-state index in [4.69, 9.17) is 11.6 Å². The number of benzene rings is 1. The maximum absolute atomic E-state index is 13.4. The molecule has 0 aromatic heterocycles. The third-order valence-electron chi connectivity index (χ3n) is 2.76. The Bertz CT molecular complexity index is 576. The molecule has 0 aliphatic carbocycles. The maximum atomic E-state index is 13.4. The van der Waals surface area contributed by atoms with Gasteiger partial charge < -0.3 is 5.32 Å². The lowest BCUT2D eigenvalue weighted by Gasteiger charge is -2.27. The normalized spacial score (nSPS) is 14.3. The lowest BCUT2D eigenvalue weighted by Crippen LogP contribution is -2.50. The van der Waals surface area contributed by atoms with Gasteiger partial charge in [0, 0.05) is 18.1 Å². The molecule has 0 amide bonds. The van der Waals surface area contributed by atoms with Gasteiger partial charge >= 0.3 is 0 Å². The topological polar surface area (TPSA) is 58.2 Å². The average molecular weight is 323 g/mol. The molecule has 0 aliphatic rings. The van der Waals surface area contributed by atoms with E-state index in [9.17, 15) is 12.8 Å². The van der Waals surface area contributed by atoms with Gasteiger partial charge in [0.1, 0.15) is 5.82 Å². The lowest BCUT2D eigenvalue weighted by molar-refractivity contribution is 0.399. The molecule has 20 heavy (non-hydrogen) atoms. The second kappa shape index (κ2) is 6.39. The Morgan fingerprint density at radius 2 is 2.00 bits per heavy atom. The molecule has 1 aromatic carbocycles. The summed E-state index contributed by atoms with van der Waals surface area (Å²) in [5, 5.41) is 3.26. The molecular formula is C13H20ClFN2O2S. The number of rotatable bonds is 6. The molecule has 1 rings (SSSR count). The molecule has 7 heteroatoms. The smallest absolute Gasteiger partial charge is 0.209 e. The predicted octanol–water partition coefficient (Wildman–Crippen LogP) is 2.46. The Kier molecular flexibility index (Phi) is 5.54. The summed E-state index contributed by atoms with van der Waals surface area (Å²) in [5.41, 5.74) is 0.120. The molecule has 1 aromatic rings. The van der Waals surface area contributed by atoms with E-state index in [1.165, 1.54) is 12.1 Å². The number of nitrogens with one attached hydrogen (secondary N) is 2. The molecule has 0 fully saturated rings. The van der Waals surface area contributed by atoms with Gasteiger partial charge in [-0.15, -0.1) is 0 Å². The zero-order valence-electron chi connectivity index (χ0n) is 12.0.